The number of aromatic nitrogens is 1. The van der Waals surface area contributed by atoms with Gasteiger partial charge in [0.05, 0.1) is 7.11 Å². The monoisotopic (exact) mass is 332 g/mol. The molecule has 2 fully saturated rings. The van der Waals surface area contributed by atoms with Crippen LogP contribution in [0.3, 0.4) is 0 Å². The number of hydrogen-bond donors (Lipinski definition) is 1. The summed E-state index contributed by atoms with van der Waals surface area (Å²) in [6.07, 6.45) is 6.28. The Balaban J connectivity index is 1.58. The van der Waals surface area contributed by atoms with E-state index < -0.39 is 0 Å². The number of pyridine rings is 1. The molecule has 24 heavy (non-hydrogen) atoms. The first-order valence-corrected chi connectivity index (χ1v) is 8.90. The van der Waals surface area contributed by atoms with Gasteiger partial charge >= 0.3 is 0 Å². The zero-order valence-corrected chi connectivity index (χ0v) is 14.7. The van der Waals surface area contributed by atoms with Gasteiger partial charge in [-0.3, -0.25) is 9.69 Å². The van der Waals surface area contributed by atoms with E-state index in [-0.39, 0.29) is 11.9 Å². The number of piperidine rings is 2. The van der Waals surface area contributed by atoms with Gasteiger partial charge in [0.2, 0.25) is 5.88 Å². The van der Waals surface area contributed by atoms with Gasteiger partial charge in [0.25, 0.3) is 5.91 Å². The predicted molar refractivity (Wildman–Crippen MR) is 93.4 cm³/mol. The second-order valence-corrected chi connectivity index (χ2v) is 6.90. The molecule has 132 valence electrons. The van der Waals surface area contributed by atoms with Crippen LogP contribution in [-0.2, 0) is 0 Å². The average molecular weight is 332 g/mol. The van der Waals surface area contributed by atoms with E-state index in [4.69, 9.17) is 4.74 Å². The van der Waals surface area contributed by atoms with Crippen LogP contribution in [0.4, 0.5) is 0 Å². The number of hydrogen-bond acceptors (Lipinski definition) is 5. The zero-order chi connectivity index (χ0) is 16.9. The molecule has 2 aliphatic rings. The SMILES string of the molecule is COc1ncccc1C(=O)N[C@H]1CCCN(C2CCN(C)CC2)C1. The molecule has 3 heterocycles. The second-order valence-electron chi connectivity index (χ2n) is 6.90. The Hall–Kier alpha value is -1.66. The van der Waals surface area contributed by atoms with E-state index in [0.717, 1.165) is 25.9 Å². The number of carbonyl (C=O) groups excluding carboxylic acids is 1. The molecule has 2 saturated heterocycles. The Morgan fingerprint density at radius 3 is 2.83 bits per heavy atom. The maximum atomic E-state index is 12.6. The first-order chi connectivity index (χ1) is 11.7. The summed E-state index contributed by atoms with van der Waals surface area (Å²) in [4.78, 5) is 21.6. The maximum Gasteiger partial charge on any atom is 0.257 e. The molecule has 3 rings (SSSR count). The molecule has 0 unspecified atom stereocenters. The molecular weight excluding hydrogens is 304 g/mol. The minimum atomic E-state index is -0.0878. The number of nitrogens with one attached hydrogen (secondary N) is 1. The summed E-state index contributed by atoms with van der Waals surface area (Å²) in [6, 6.07) is 4.40. The van der Waals surface area contributed by atoms with Crippen LogP contribution in [-0.4, -0.2) is 73.1 Å². The van der Waals surface area contributed by atoms with Crippen LogP contribution in [0.5, 0.6) is 5.88 Å². The van der Waals surface area contributed by atoms with Crippen molar-refractivity contribution in [2.75, 3.05) is 40.3 Å². The molecule has 0 aliphatic carbocycles. The van der Waals surface area contributed by atoms with E-state index >= 15 is 0 Å². The normalized spacial score (nSPS) is 23.8. The van der Waals surface area contributed by atoms with Crippen molar-refractivity contribution in [2.45, 2.75) is 37.8 Å². The summed E-state index contributed by atoms with van der Waals surface area (Å²) in [5.41, 5.74) is 0.511. The lowest BCUT2D eigenvalue weighted by atomic mass is 9.98. The topological polar surface area (TPSA) is 57.7 Å². The number of carbonyl (C=O) groups is 1. The zero-order valence-electron chi connectivity index (χ0n) is 14.7. The number of ether oxygens (including phenoxy) is 1. The molecule has 1 aromatic heterocycles. The average Bonchev–Trinajstić information content (AvgIpc) is 2.62. The first-order valence-electron chi connectivity index (χ1n) is 8.90. The lowest BCUT2D eigenvalue weighted by Crippen LogP contribution is -2.53. The van der Waals surface area contributed by atoms with Crippen molar-refractivity contribution < 1.29 is 9.53 Å². The molecule has 0 radical (unpaired) electrons. The molecule has 1 N–H and O–H groups in total. The van der Waals surface area contributed by atoms with Gasteiger partial charge in [-0.2, -0.15) is 0 Å². The molecule has 1 atom stereocenters. The van der Waals surface area contributed by atoms with Crippen LogP contribution in [0.2, 0.25) is 0 Å². The van der Waals surface area contributed by atoms with Crippen molar-refractivity contribution in [3.63, 3.8) is 0 Å². The maximum absolute atomic E-state index is 12.6. The smallest absolute Gasteiger partial charge is 0.257 e. The van der Waals surface area contributed by atoms with E-state index in [1.807, 2.05) is 0 Å². The van der Waals surface area contributed by atoms with Crippen LogP contribution in [0.15, 0.2) is 18.3 Å². The third-order valence-corrected chi connectivity index (χ3v) is 5.20. The predicted octanol–water partition coefficient (Wildman–Crippen LogP) is 1.38. The molecule has 6 nitrogen and oxygen atoms in total. The highest BCUT2D eigenvalue weighted by Gasteiger charge is 2.29. The van der Waals surface area contributed by atoms with Gasteiger partial charge in [-0.25, -0.2) is 4.98 Å². The Labute approximate surface area is 144 Å². The summed E-state index contributed by atoms with van der Waals surface area (Å²) in [5, 5.41) is 3.18. The minimum Gasteiger partial charge on any atom is -0.480 e. The highest BCUT2D eigenvalue weighted by atomic mass is 16.5. The number of amides is 1. The third kappa shape index (κ3) is 4.05. The largest absolute Gasteiger partial charge is 0.480 e. The van der Waals surface area contributed by atoms with Crippen molar-refractivity contribution in [1.82, 2.24) is 20.1 Å². The lowest BCUT2D eigenvalue weighted by Gasteiger charge is -2.41. The molecular formula is C18H28N4O2. The van der Waals surface area contributed by atoms with Gasteiger partial charge in [0, 0.05) is 24.8 Å². The molecule has 1 aromatic rings. The van der Waals surface area contributed by atoms with E-state index in [9.17, 15) is 4.79 Å². The van der Waals surface area contributed by atoms with Crippen LogP contribution >= 0.6 is 0 Å². The van der Waals surface area contributed by atoms with Crippen LogP contribution in [0.1, 0.15) is 36.0 Å². The molecule has 0 aromatic carbocycles. The summed E-state index contributed by atoms with van der Waals surface area (Å²) in [5.74, 6) is 0.299. The van der Waals surface area contributed by atoms with Gasteiger partial charge in [-0.1, -0.05) is 0 Å². The Morgan fingerprint density at radius 2 is 2.08 bits per heavy atom. The van der Waals surface area contributed by atoms with Gasteiger partial charge in [0.15, 0.2) is 0 Å². The van der Waals surface area contributed by atoms with E-state index in [2.05, 4.69) is 27.1 Å². The summed E-state index contributed by atoms with van der Waals surface area (Å²) in [6.45, 7) is 4.44. The van der Waals surface area contributed by atoms with E-state index in [0.29, 0.717) is 17.5 Å². The summed E-state index contributed by atoms with van der Waals surface area (Å²) in [7, 11) is 3.73. The Morgan fingerprint density at radius 1 is 1.29 bits per heavy atom. The van der Waals surface area contributed by atoms with Crippen molar-refractivity contribution in [1.29, 1.82) is 0 Å². The fourth-order valence-corrected chi connectivity index (χ4v) is 3.81. The van der Waals surface area contributed by atoms with Gasteiger partial charge < -0.3 is 15.0 Å². The summed E-state index contributed by atoms with van der Waals surface area (Å²) < 4.78 is 5.19. The number of nitrogens with zero attached hydrogens (tertiary/aromatic N) is 3. The van der Waals surface area contributed by atoms with E-state index in [1.54, 1.807) is 25.4 Å². The van der Waals surface area contributed by atoms with Crippen molar-refractivity contribution in [3.8, 4) is 5.88 Å². The standard InChI is InChI=1S/C18H28N4O2/c1-21-11-7-15(8-12-21)22-10-4-5-14(13-22)20-17(23)16-6-3-9-19-18(16)24-2/h3,6,9,14-15H,4-5,7-8,10-13H2,1-2H3,(H,20,23)/t14-/m0/s1. The fraction of sp³-hybridized carbons (Fsp3) is 0.667. The molecule has 2 aliphatic heterocycles. The number of rotatable bonds is 4. The molecule has 6 heteroatoms. The molecule has 0 spiro atoms. The molecule has 0 bridgehead atoms. The fourth-order valence-electron chi connectivity index (χ4n) is 3.81. The molecule has 1 amide bonds. The number of methoxy groups -OCH3 is 1. The van der Waals surface area contributed by atoms with Gasteiger partial charge in [0.1, 0.15) is 5.56 Å². The number of likely N-dealkylation sites (tertiary alicyclic amines) is 2. The van der Waals surface area contributed by atoms with Crippen molar-refractivity contribution >= 4 is 5.91 Å². The third-order valence-electron chi connectivity index (χ3n) is 5.20. The van der Waals surface area contributed by atoms with Crippen molar-refractivity contribution in [2.24, 2.45) is 0 Å². The van der Waals surface area contributed by atoms with Crippen LogP contribution < -0.4 is 10.1 Å². The van der Waals surface area contributed by atoms with Gasteiger partial charge in [-0.05, 0) is 64.5 Å². The second kappa shape index (κ2) is 7.94. The minimum absolute atomic E-state index is 0.0878. The summed E-state index contributed by atoms with van der Waals surface area (Å²) >= 11 is 0. The highest BCUT2D eigenvalue weighted by Crippen LogP contribution is 2.21. The van der Waals surface area contributed by atoms with E-state index in [1.165, 1.54) is 25.9 Å². The molecule has 0 saturated carbocycles. The Bertz CT molecular complexity index is 558. The first kappa shape index (κ1) is 17.2. The lowest BCUT2D eigenvalue weighted by molar-refractivity contribution is 0.0764. The van der Waals surface area contributed by atoms with Crippen LogP contribution in [0, 0.1) is 0 Å². The Kier molecular flexibility index (Phi) is 5.68. The van der Waals surface area contributed by atoms with Gasteiger partial charge in [-0.15, -0.1) is 0 Å². The van der Waals surface area contributed by atoms with Crippen molar-refractivity contribution in [3.05, 3.63) is 23.9 Å². The quantitative estimate of drug-likeness (QED) is 0.903. The highest BCUT2D eigenvalue weighted by molar-refractivity contribution is 5.96. The van der Waals surface area contributed by atoms with Crippen LogP contribution in [0.25, 0.3) is 0 Å².